The molecule has 2 N–H and O–H groups in total. The lowest BCUT2D eigenvalue weighted by Gasteiger charge is -2.13. The first kappa shape index (κ1) is 19.0. The van der Waals surface area contributed by atoms with E-state index in [4.69, 9.17) is 20.8 Å². The molecule has 4 rings (SSSR count). The van der Waals surface area contributed by atoms with Gasteiger partial charge in [-0.2, -0.15) is 0 Å². The Kier molecular flexibility index (Phi) is 5.22. The molecule has 29 heavy (non-hydrogen) atoms. The number of benzene rings is 1. The van der Waals surface area contributed by atoms with Crippen LogP contribution < -0.4 is 10.1 Å². The Morgan fingerprint density at radius 1 is 1.28 bits per heavy atom. The molecule has 0 saturated carbocycles. The van der Waals surface area contributed by atoms with Crippen LogP contribution in [0.3, 0.4) is 0 Å². The first-order valence-corrected chi connectivity index (χ1v) is 9.42. The molecule has 148 valence electrons. The van der Waals surface area contributed by atoms with Crippen LogP contribution in [0.5, 0.6) is 5.88 Å². The molecule has 3 aromatic heterocycles. The van der Waals surface area contributed by atoms with E-state index in [-0.39, 0.29) is 18.4 Å². The van der Waals surface area contributed by atoms with Crippen LogP contribution in [0.1, 0.15) is 24.2 Å². The zero-order valence-corrected chi connectivity index (χ0v) is 16.7. The fourth-order valence-corrected chi connectivity index (χ4v) is 3.32. The number of halogens is 1. The molecule has 0 spiro atoms. The van der Waals surface area contributed by atoms with Gasteiger partial charge in [-0.3, -0.25) is 4.79 Å². The lowest BCUT2D eigenvalue weighted by molar-refractivity contribution is -0.121. The van der Waals surface area contributed by atoms with Crippen LogP contribution in [-0.2, 0) is 11.2 Å². The molecule has 0 fully saturated rings. The maximum atomic E-state index is 12.6. The molecule has 0 aliphatic rings. The minimum Gasteiger partial charge on any atom is -0.481 e. The van der Waals surface area contributed by atoms with E-state index in [9.17, 15) is 4.79 Å². The number of amides is 1. The van der Waals surface area contributed by atoms with Gasteiger partial charge in [0.05, 0.1) is 30.6 Å². The van der Waals surface area contributed by atoms with Crippen LogP contribution in [-0.4, -0.2) is 28.0 Å². The fraction of sp³-hybridized carbons (Fsp3) is 0.190. The van der Waals surface area contributed by atoms with Gasteiger partial charge >= 0.3 is 0 Å². The van der Waals surface area contributed by atoms with Crippen LogP contribution in [0.2, 0.25) is 5.02 Å². The average molecular weight is 411 g/mol. The SMILES string of the molecule is COc1ccc2[nH]cc(CC(=O)NC(C)c3ncoc3-c3ccc(Cl)cc3)c2n1. The number of rotatable bonds is 6. The summed E-state index contributed by atoms with van der Waals surface area (Å²) in [5, 5.41) is 3.61. The molecule has 1 aromatic carbocycles. The molecule has 0 bridgehead atoms. The Morgan fingerprint density at radius 2 is 2.07 bits per heavy atom. The molecule has 7 nitrogen and oxygen atoms in total. The summed E-state index contributed by atoms with van der Waals surface area (Å²) in [4.78, 5) is 24.5. The van der Waals surface area contributed by atoms with E-state index in [2.05, 4.69) is 20.3 Å². The number of ether oxygens (including phenoxy) is 1. The number of hydrogen-bond acceptors (Lipinski definition) is 5. The summed E-state index contributed by atoms with van der Waals surface area (Å²) >= 11 is 5.95. The van der Waals surface area contributed by atoms with Gasteiger partial charge in [0.2, 0.25) is 11.8 Å². The number of methoxy groups -OCH3 is 1. The summed E-state index contributed by atoms with van der Waals surface area (Å²) < 4.78 is 10.7. The summed E-state index contributed by atoms with van der Waals surface area (Å²) in [6.45, 7) is 1.87. The van der Waals surface area contributed by atoms with Gasteiger partial charge in [0, 0.05) is 28.4 Å². The monoisotopic (exact) mass is 410 g/mol. The van der Waals surface area contributed by atoms with Crippen molar-refractivity contribution in [3.63, 3.8) is 0 Å². The molecular weight excluding hydrogens is 392 g/mol. The first-order valence-electron chi connectivity index (χ1n) is 9.05. The third-order valence-corrected chi connectivity index (χ3v) is 4.88. The van der Waals surface area contributed by atoms with Crippen molar-refractivity contribution < 1.29 is 13.9 Å². The average Bonchev–Trinajstić information content (AvgIpc) is 3.36. The van der Waals surface area contributed by atoms with Crippen molar-refractivity contribution in [1.82, 2.24) is 20.3 Å². The number of nitrogens with zero attached hydrogens (tertiary/aromatic N) is 2. The highest BCUT2D eigenvalue weighted by Gasteiger charge is 2.20. The maximum Gasteiger partial charge on any atom is 0.225 e. The summed E-state index contributed by atoms with van der Waals surface area (Å²) in [6, 6.07) is 10.6. The fourth-order valence-electron chi connectivity index (χ4n) is 3.20. The normalized spacial score (nSPS) is 12.1. The zero-order valence-electron chi connectivity index (χ0n) is 15.9. The van der Waals surface area contributed by atoms with Gasteiger partial charge < -0.3 is 19.5 Å². The number of pyridine rings is 1. The number of fused-ring (bicyclic) bond motifs is 1. The molecule has 0 radical (unpaired) electrons. The minimum absolute atomic E-state index is 0.145. The summed E-state index contributed by atoms with van der Waals surface area (Å²) in [5.41, 5.74) is 3.86. The standard InChI is InChI=1S/C21H19ClN4O3/c1-12(19-21(29-11-24-19)13-3-5-15(22)6-4-13)25-17(27)9-14-10-23-16-7-8-18(28-2)26-20(14)16/h3-8,10-12,23H,9H2,1-2H3,(H,25,27). The van der Waals surface area contributed by atoms with Crippen molar-refractivity contribution in [2.24, 2.45) is 0 Å². The summed E-state index contributed by atoms with van der Waals surface area (Å²) in [7, 11) is 1.56. The first-order chi connectivity index (χ1) is 14.0. The molecule has 0 aliphatic carbocycles. The number of aromatic nitrogens is 3. The van der Waals surface area contributed by atoms with Gasteiger partial charge in [-0.15, -0.1) is 0 Å². The van der Waals surface area contributed by atoms with Crippen molar-refractivity contribution in [2.45, 2.75) is 19.4 Å². The number of nitrogens with one attached hydrogen (secondary N) is 2. The molecule has 0 aliphatic heterocycles. The predicted molar refractivity (Wildman–Crippen MR) is 110 cm³/mol. The largest absolute Gasteiger partial charge is 0.481 e. The van der Waals surface area contributed by atoms with E-state index in [1.165, 1.54) is 6.39 Å². The number of hydrogen-bond donors (Lipinski definition) is 2. The van der Waals surface area contributed by atoms with Gasteiger partial charge in [-0.25, -0.2) is 9.97 Å². The van der Waals surface area contributed by atoms with Crippen molar-refractivity contribution in [1.29, 1.82) is 0 Å². The van der Waals surface area contributed by atoms with E-state index in [0.717, 1.165) is 22.2 Å². The number of aromatic amines is 1. The topological polar surface area (TPSA) is 93.0 Å². The second kappa shape index (κ2) is 7.97. The Morgan fingerprint density at radius 3 is 2.83 bits per heavy atom. The van der Waals surface area contributed by atoms with Gasteiger partial charge in [-0.1, -0.05) is 11.6 Å². The lowest BCUT2D eigenvalue weighted by atomic mass is 10.1. The van der Waals surface area contributed by atoms with Gasteiger partial charge in [0.15, 0.2) is 12.2 Å². The Hall–Kier alpha value is -3.32. The van der Waals surface area contributed by atoms with Gasteiger partial charge in [0.25, 0.3) is 0 Å². The molecular formula is C21H19ClN4O3. The van der Waals surface area contributed by atoms with Crippen molar-refractivity contribution in [3.05, 3.63) is 65.3 Å². The predicted octanol–water partition coefficient (Wildman–Crippen LogP) is 4.30. The highest BCUT2D eigenvalue weighted by molar-refractivity contribution is 6.30. The van der Waals surface area contributed by atoms with Crippen LogP contribution in [0.4, 0.5) is 0 Å². The number of oxazole rings is 1. The van der Waals surface area contributed by atoms with E-state index in [1.807, 2.05) is 25.1 Å². The number of carbonyl (C=O) groups is 1. The summed E-state index contributed by atoms with van der Waals surface area (Å²) in [5.74, 6) is 0.961. The second-order valence-corrected chi connectivity index (χ2v) is 7.04. The third-order valence-electron chi connectivity index (χ3n) is 4.62. The van der Waals surface area contributed by atoms with Crippen LogP contribution >= 0.6 is 11.6 Å². The molecule has 8 heteroatoms. The Balaban J connectivity index is 1.50. The highest BCUT2D eigenvalue weighted by atomic mass is 35.5. The quantitative estimate of drug-likeness (QED) is 0.494. The van der Waals surface area contributed by atoms with Crippen molar-refractivity contribution >= 4 is 28.5 Å². The smallest absolute Gasteiger partial charge is 0.225 e. The maximum absolute atomic E-state index is 12.6. The number of carbonyl (C=O) groups excluding carboxylic acids is 1. The van der Waals surface area contributed by atoms with E-state index < -0.39 is 0 Å². The zero-order chi connectivity index (χ0) is 20.4. The molecule has 0 saturated heterocycles. The van der Waals surface area contributed by atoms with Crippen molar-refractivity contribution in [3.8, 4) is 17.2 Å². The van der Waals surface area contributed by atoms with E-state index in [1.54, 1.807) is 31.5 Å². The van der Waals surface area contributed by atoms with Crippen molar-refractivity contribution in [2.75, 3.05) is 7.11 Å². The Bertz CT molecular complexity index is 1150. The molecule has 1 amide bonds. The molecule has 1 unspecified atom stereocenters. The molecule has 4 aromatic rings. The molecule has 3 heterocycles. The van der Waals surface area contributed by atoms with E-state index >= 15 is 0 Å². The summed E-state index contributed by atoms with van der Waals surface area (Å²) in [6.07, 6.45) is 3.34. The lowest BCUT2D eigenvalue weighted by Crippen LogP contribution is -2.28. The van der Waals surface area contributed by atoms with Crippen LogP contribution in [0.15, 0.2) is 53.4 Å². The van der Waals surface area contributed by atoms with Crippen LogP contribution in [0, 0.1) is 0 Å². The van der Waals surface area contributed by atoms with Gasteiger partial charge in [-0.05, 0) is 37.3 Å². The number of H-pyrrole nitrogens is 1. The van der Waals surface area contributed by atoms with Crippen LogP contribution in [0.25, 0.3) is 22.4 Å². The third kappa shape index (κ3) is 3.95. The Labute approximate surface area is 172 Å². The minimum atomic E-state index is -0.334. The second-order valence-electron chi connectivity index (χ2n) is 6.60. The van der Waals surface area contributed by atoms with E-state index in [0.29, 0.717) is 22.4 Å². The van der Waals surface area contributed by atoms with Gasteiger partial charge in [0.1, 0.15) is 5.69 Å². The highest BCUT2D eigenvalue weighted by Crippen LogP contribution is 2.28. The molecule has 1 atom stereocenters.